The van der Waals surface area contributed by atoms with Crippen LogP contribution in [0.15, 0.2) is 53.5 Å². The van der Waals surface area contributed by atoms with E-state index >= 15 is 0 Å². The first-order valence-corrected chi connectivity index (χ1v) is 5.15. The predicted octanol–water partition coefficient (Wildman–Crippen LogP) is 3.45. The van der Waals surface area contributed by atoms with Crippen LogP contribution in [0.1, 0.15) is 11.1 Å². The summed E-state index contributed by atoms with van der Waals surface area (Å²) in [5.41, 5.74) is 2.77. The summed E-state index contributed by atoms with van der Waals surface area (Å²) in [4.78, 5) is 4.35. The summed E-state index contributed by atoms with van der Waals surface area (Å²) in [5, 5.41) is 9.57. The van der Waals surface area contributed by atoms with Crippen molar-refractivity contribution in [3.8, 4) is 5.75 Å². The van der Waals surface area contributed by atoms with E-state index in [0.717, 1.165) is 16.8 Å². The predicted molar refractivity (Wildman–Crippen MR) is 66.5 cm³/mol. The number of aryl methyl sites for hydroxylation is 1. The summed E-state index contributed by atoms with van der Waals surface area (Å²) in [5.74, 6) is 0.250. The molecule has 80 valence electrons. The van der Waals surface area contributed by atoms with Gasteiger partial charge in [-0.2, -0.15) is 0 Å². The van der Waals surface area contributed by atoms with E-state index in [1.54, 1.807) is 18.3 Å². The van der Waals surface area contributed by atoms with Crippen LogP contribution in [-0.4, -0.2) is 11.3 Å². The number of phenols is 1. The van der Waals surface area contributed by atoms with E-state index in [2.05, 4.69) is 4.99 Å². The van der Waals surface area contributed by atoms with E-state index in [4.69, 9.17) is 0 Å². The van der Waals surface area contributed by atoms with E-state index in [0.29, 0.717) is 0 Å². The Bertz CT molecular complexity index is 470. The summed E-state index contributed by atoms with van der Waals surface area (Å²) in [6.07, 6.45) is 1.68. The molecule has 0 spiro atoms. The van der Waals surface area contributed by atoms with Crippen molar-refractivity contribution in [3.05, 3.63) is 59.7 Å². The van der Waals surface area contributed by atoms with E-state index in [9.17, 15) is 5.11 Å². The van der Waals surface area contributed by atoms with E-state index < -0.39 is 0 Å². The lowest BCUT2D eigenvalue weighted by molar-refractivity contribution is 0.474. The minimum absolute atomic E-state index is 0.250. The van der Waals surface area contributed by atoms with Crippen molar-refractivity contribution in [2.75, 3.05) is 0 Å². The van der Waals surface area contributed by atoms with Crippen molar-refractivity contribution in [3.63, 3.8) is 0 Å². The Kier molecular flexibility index (Phi) is 3.01. The minimum atomic E-state index is 0.250. The van der Waals surface area contributed by atoms with Gasteiger partial charge in [0.2, 0.25) is 0 Å². The number of nitrogens with zero attached hydrogens (tertiary/aromatic N) is 1. The molecule has 0 unspecified atom stereocenters. The Morgan fingerprint density at radius 1 is 1.00 bits per heavy atom. The molecule has 2 aromatic carbocycles. The SMILES string of the molecule is Cc1ccccc1N=Cc1ccccc1O. The minimum Gasteiger partial charge on any atom is -0.507 e. The molecular formula is C14H13NO. The molecule has 0 saturated carbocycles. The van der Waals surface area contributed by atoms with Gasteiger partial charge in [-0.25, -0.2) is 0 Å². The maximum atomic E-state index is 9.57. The normalized spacial score (nSPS) is 10.8. The Labute approximate surface area is 94.9 Å². The number of aliphatic imine (C=N–C) groups is 1. The number of phenolic OH excluding ortho intramolecular Hbond substituents is 1. The Balaban J connectivity index is 2.29. The van der Waals surface area contributed by atoms with E-state index in [-0.39, 0.29) is 5.75 Å². The second-order valence-electron chi connectivity index (χ2n) is 3.60. The lowest BCUT2D eigenvalue weighted by atomic mass is 10.2. The number of benzene rings is 2. The molecule has 0 aliphatic heterocycles. The van der Waals surface area contributed by atoms with Gasteiger partial charge in [0.25, 0.3) is 0 Å². The first kappa shape index (κ1) is 10.4. The van der Waals surface area contributed by atoms with Gasteiger partial charge >= 0.3 is 0 Å². The highest BCUT2D eigenvalue weighted by Gasteiger charge is 1.96. The topological polar surface area (TPSA) is 32.6 Å². The molecule has 0 aliphatic rings. The van der Waals surface area contributed by atoms with Crippen LogP contribution < -0.4 is 0 Å². The summed E-state index contributed by atoms with van der Waals surface area (Å²) < 4.78 is 0. The van der Waals surface area contributed by atoms with Gasteiger partial charge in [-0.05, 0) is 30.7 Å². The van der Waals surface area contributed by atoms with Crippen LogP contribution in [-0.2, 0) is 0 Å². The molecule has 1 N–H and O–H groups in total. The average Bonchev–Trinajstić information content (AvgIpc) is 2.30. The molecular weight excluding hydrogens is 198 g/mol. The molecule has 0 saturated heterocycles. The van der Waals surface area contributed by atoms with Gasteiger partial charge in [-0.3, -0.25) is 4.99 Å². The zero-order chi connectivity index (χ0) is 11.4. The number of hydrogen-bond donors (Lipinski definition) is 1. The van der Waals surface area contributed by atoms with Crippen LogP contribution in [0, 0.1) is 6.92 Å². The molecule has 0 amide bonds. The molecule has 16 heavy (non-hydrogen) atoms. The zero-order valence-corrected chi connectivity index (χ0v) is 9.09. The molecule has 2 nitrogen and oxygen atoms in total. The van der Waals surface area contributed by atoms with Gasteiger partial charge < -0.3 is 5.11 Å². The number of aromatic hydroxyl groups is 1. The Hall–Kier alpha value is -2.09. The van der Waals surface area contributed by atoms with Crippen LogP contribution in [0.25, 0.3) is 0 Å². The lowest BCUT2D eigenvalue weighted by Gasteiger charge is -1.99. The smallest absolute Gasteiger partial charge is 0.124 e. The van der Waals surface area contributed by atoms with Crippen LogP contribution in [0.4, 0.5) is 5.69 Å². The van der Waals surface area contributed by atoms with Gasteiger partial charge in [0.1, 0.15) is 5.75 Å². The third kappa shape index (κ3) is 2.28. The Morgan fingerprint density at radius 3 is 2.44 bits per heavy atom. The highest BCUT2D eigenvalue weighted by molar-refractivity contribution is 5.85. The lowest BCUT2D eigenvalue weighted by Crippen LogP contribution is -1.81. The van der Waals surface area contributed by atoms with Crippen molar-refractivity contribution >= 4 is 11.9 Å². The third-order valence-electron chi connectivity index (χ3n) is 2.39. The quantitative estimate of drug-likeness (QED) is 0.758. The summed E-state index contributed by atoms with van der Waals surface area (Å²) in [6.45, 7) is 2.01. The fourth-order valence-corrected chi connectivity index (χ4v) is 1.44. The van der Waals surface area contributed by atoms with Gasteiger partial charge in [-0.1, -0.05) is 30.3 Å². The summed E-state index contributed by atoms with van der Waals surface area (Å²) >= 11 is 0. The van der Waals surface area contributed by atoms with Crippen LogP contribution in [0.5, 0.6) is 5.75 Å². The third-order valence-corrected chi connectivity index (χ3v) is 2.39. The number of para-hydroxylation sites is 2. The maximum absolute atomic E-state index is 9.57. The molecule has 0 aliphatic carbocycles. The van der Waals surface area contributed by atoms with Crippen molar-refractivity contribution in [2.45, 2.75) is 6.92 Å². The van der Waals surface area contributed by atoms with Gasteiger partial charge in [0.15, 0.2) is 0 Å². The van der Waals surface area contributed by atoms with E-state index in [1.807, 2.05) is 43.3 Å². The molecule has 0 fully saturated rings. The monoisotopic (exact) mass is 211 g/mol. The highest BCUT2D eigenvalue weighted by Crippen LogP contribution is 2.19. The second-order valence-corrected chi connectivity index (χ2v) is 3.60. The van der Waals surface area contributed by atoms with Gasteiger partial charge in [0.05, 0.1) is 5.69 Å². The largest absolute Gasteiger partial charge is 0.507 e. The summed E-state index contributed by atoms with van der Waals surface area (Å²) in [6, 6.07) is 15.0. The molecule has 0 atom stereocenters. The maximum Gasteiger partial charge on any atom is 0.124 e. The van der Waals surface area contributed by atoms with E-state index in [1.165, 1.54) is 0 Å². The van der Waals surface area contributed by atoms with Crippen LogP contribution in [0.2, 0.25) is 0 Å². The average molecular weight is 211 g/mol. The first-order chi connectivity index (χ1) is 7.77. The first-order valence-electron chi connectivity index (χ1n) is 5.15. The molecule has 0 radical (unpaired) electrons. The Morgan fingerprint density at radius 2 is 1.69 bits per heavy atom. The zero-order valence-electron chi connectivity index (χ0n) is 9.09. The number of rotatable bonds is 2. The molecule has 2 rings (SSSR count). The van der Waals surface area contributed by atoms with Gasteiger partial charge in [-0.15, -0.1) is 0 Å². The molecule has 0 bridgehead atoms. The highest BCUT2D eigenvalue weighted by atomic mass is 16.3. The van der Waals surface area contributed by atoms with Crippen molar-refractivity contribution in [1.29, 1.82) is 0 Å². The fraction of sp³-hybridized carbons (Fsp3) is 0.0714. The molecule has 2 heteroatoms. The van der Waals surface area contributed by atoms with Gasteiger partial charge in [0, 0.05) is 11.8 Å². The molecule has 0 heterocycles. The molecule has 0 aromatic heterocycles. The second kappa shape index (κ2) is 4.62. The van der Waals surface area contributed by atoms with Crippen molar-refractivity contribution in [2.24, 2.45) is 4.99 Å². The standard InChI is InChI=1S/C14H13NO/c1-11-6-2-4-8-13(11)15-10-12-7-3-5-9-14(12)16/h2-10,16H,1H3. The summed E-state index contributed by atoms with van der Waals surface area (Å²) in [7, 11) is 0. The van der Waals surface area contributed by atoms with Crippen molar-refractivity contribution in [1.82, 2.24) is 0 Å². The van der Waals surface area contributed by atoms with Crippen LogP contribution >= 0.6 is 0 Å². The number of hydrogen-bond acceptors (Lipinski definition) is 2. The van der Waals surface area contributed by atoms with Crippen molar-refractivity contribution < 1.29 is 5.11 Å². The molecule has 2 aromatic rings. The van der Waals surface area contributed by atoms with Crippen LogP contribution in [0.3, 0.4) is 0 Å². The fourth-order valence-electron chi connectivity index (χ4n) is 1.44.